The lowest BCUT2D eigenvalue weighted by molar-refractivity contribution is 0.0353. The van der Waals surface area contributed by atoms with Gasteiger partial charge in [-0.1, -0.05) is 33.6 Å². The van der Waals surface area contributed by atoms with Crippen molar-refractivity contribution in [2.75, 3.05) is 13.6 Å². The Morgan fingerprint density at radius 1 is 1.00 bits per heavy atom. The van der Waals surface area contributed by atoms with Crippen molar-refractivity contribution in [1.29, 1.82) is 0 Å². The first kappa shape index (κ1) is 17.3. The van der Waals surface area contributed by atoms with Crippen molar-refractivity contribution in [3.63, 3.8) is 0 Å². The molecule has 0 heterocycles. The van der Waals surface area contributed by atoms with E-state index in [-0.39, 0.29) is 5.54 Å². The molecule has 0 spiro atoms. The zero-order valence-corrected chi connectivity index (χ0v) is 15.0. The maximum atomic E-state index is 6.32. The zero-order valence-electron chi connectivity index (χ0n) is 15.0. The van der Waals surface area contributed by atoms with Gasteiger partial charge in [0.15, 0.2) is 0 Å². The van der Waals surface area contributed by atoms with E-state index < -0.39 is 0 Å². The zero-order chi connectivity index (χ0) is 15.5. The van der Waals surface area contributed by atoms with Crippen LogP contribution >= 0.6 is 0 Å². The van der Waals surface area contributed by atoms with E-state index in [9.17, 15) is 0 Å². The Balaban J connectivity index is 2.02. The van der Waals surface area contributed by atoms with Gasteiger partial charge in [-0.25, -0.2) is 0 Å². The maximum Gasteiger partial charge on any atom is 0.0331 e. The predicted octanol–water partition coefficient (Wildman–Crippen LogP) is 4.57. The van der Waals surface area contributed by atoms with Crippen LogP contribution in [0.1, 0.15) is 85.0 Å². The van der Waals surface area contributed by atoms with Crippen LogP contribution in [0.2, 0.25) is 0 Å². The van der Waals surface area contributed by atoms with Gasteiger partial charge in [-0.05, 0) is 69.7 Å². The van der Waals surface area contributed by atoms with E-state index in [1.807, 2.05) is 0 Å². The second kappa shape index (κ2) is 7.00. The molecule has 2 aliphatic rings. The molecular formula is C19H38N2. The van der Waals surface area contributed by atoms with Crippen molar-refractivity contribution in [2.45, 2.75) is 96.6 Å². The summed E-state index contributed by atoms with van der Waals surface area (Å²) in [6, 6.07) is 0.776. The molecule has 2 rings (SSSR count). The van der Waals surface area contributed by atoms with Crippen molar-refractivity contribution in [3.8, 4) is 0 Å². The SMILES string of the molecule is CCC1CCC(N(C)C2(CN)CCCC(C)(C)CC2)CC1. The molecule has 21 heavy (non-hydrogen) atoms. The first-order valence-electron chi connectivity index (χ1n) is 9.35. The van der Waals surface area contributed by atoms with Gasteiger partial charge in [0, 0.05) is 18.1 Å². The van der Waals surface area contributed by atoms with Gasteiger partial charge in [0.2, 0.25) is 0 Å². The highest BCUT2D eigenvalue weighted by Gasteiger charge is 2.40. The summed E-state index contributed by atoms with van der Waals surface area (Å²) < 4.78 is 0. The molecule has 0 aromatic carbocycles. The lowest BCUT2D eigenvalue weighted by atomic mass is 9.79. The summed E-state index contributed by atoms with van der Waals surface area (Å²) in [4.78, 5) is 2.72. The maximum absolute atomic E-state index is 6.32. The molecule has 2 aliphatic carbocycles. The third-order valence-corrected chi connectivity index (χ3v) is 6.83. The summed E-state index contributed by atoms with van der Waals surface area (Å²) in [5.74, 6) is 0.983. The van der Waals surface area contributed by atoms with Crippen LogP contribution in [0, 0.1) is 11.3 Å². The van der Waals surface area contributed by atoms with Gasteiger partial charge in [0.05, 0.1) is 0 Å². The van der Waals surface area contributed by atoms with Gasteiger partial charge >= 0.3 is 0 Å². The van der Waals surface area contributed by atoms with Crippen LogP contribution in [-0.4, -0.2) is 30.1 Å². The van der Waals surface area contributed by atoms with Crippen molar-refractivity contribution >= 4 is 0 Å². The molecule has 0 saturated heterocycles. The molecule has 124 valence electrons. The lowest BCUT2D eigenvalue weighted by Gasteiger charge is -2.47. The minimum Gasteiger partial charge on any atom is -0.329 e. The molecule has 2 fully saturated rings. The second-order valence-electron chi connectivity index (χ2n) is 8.64. The minimum atomic E-state index is 0.275. The molecule has 0 aromatic rings. The highest BCUT2D eigenvalue weighted by Crippen LogP contribution is 2.42. The van der Waals surface area contributed by atoms with Crippen LogP contribution in [0.4, 0.5) is 0 Å². The fourth-order valence-corrected chi connectivity index (χ4v) is 4.75. The Hall–Kier alpha value is -0.0800. The normalized spacial score (nSPS) is 37.4. The summed E-state index contributed by atoms with van der Waals surface area (Å²) >= 11 is 0. The van der Waals surface area contributed by atoms with Gasteiger partial charge in [-0.2, -0.15) is 0 Å². The first-order valence-corrected chi connectivity index (χ1v) is 9.35. The summed E-state index contributed by atoms with van der Waals surface area (Å²) in [5.41, 5.74) is 7.10. The van der Waals surface area contributed by atoms with E-state index in [1.54, 1.807) is 0 Å². The Bertz CT molecular complexity index is 318. The van der Waals surface area contributed by atoms with Crippen molar-refractivity contribution in [2.24, 2.45) is 17.1 Å². The van der Waals surface area contributed by atoms with E-state index in [1.165, 1.54) is 64.2 Å². The van der Waals surface area contributed by atoms with Gasteiger partial charge in [0.1, 0.15) is 0 Å². The average molecular weight is 295 g/mol. The van der Waals surface area contributed by atoms with Gasteiger partial charge < -0.3 is 5.73 Å². The summed E-state index contributed by atoms with van der Waals surface area (Å²) in [6.45, 7) is 8.06. The van der Waals surface area contributed by atoms with Crippen molar-refractivity contribution < 1.29 is 0 Å². The molecule has 1 unspecified atom stereocenters. The molecule has 2 heteroatoms. The van der Waals surface area contributed by atoms with Crippen LogP contribution < -0.4 is 5.73 Å². The largest absolute Gasteiger partial charge is 0.329 e. The second-order valence-corrected chi connectivity index (χ2v) is 8.64. The van der Waals surface area contributed by atoms with E-state index >= 15 is 0 Å². The Morgan fingerprint density at radius 2 is 1.67 bits per heavy atom. The molecule has 0 aromatic heterocycles. The molecule has 2 saturated carbocycles. The van der Waals surface area contributed by atoms with Crippen molar-refractivity contribution in [1.82, 2.24) is 4.90 Å². The first-order chi connectivity index (χ1) is 9.92. The smallest absolute Gasteiger partial charge is 0.0331 e. The summed E-state index contributed by atoms with van der Waals surface area (Å²) in [5, 5.41) is 0. The van der Waals surface area contributed by atoms with Gasteiger partial charge in [-0.15, -0.1) is 0 Å². The monoisotopic (exact) mass is 294 g/mol. The molecule has 2 nitrogen and oxygen atoms in total. The van der Waals surface area contributed by atoms with E-state index in [2.05, 4.69) is 32.7 Å². The molecule has 0 radical (unpaired) electrons. The third kappa shape index (κ3) is 4.01. The van der Waals surface area contributed by atoms with Crippen LogP contribution in [-0.2, 0) is 0 Å². The Morgan fingerprint density at radius 3 is 2.24 bits per heavy atom. The molecule has 0 amide bonds. The molecule has 2 N–H and O–H groups in total. The van der Waals surface area contributed by atoms with Gasteiger partial charge in [0.25, 0.3) is 0 Å². The quantitative estimate of drug-likeness (QED) is 0.769. The van der Waals surface area contributed by atoms with Crippen LogP contribution in [0.25, 0.3) is 0 Å². The molecular weight excluding hydrogens is 256 g/mol. The highest BCUT2D eigenvalue weighted by molar-refractivity contribution is 4.97. The summed E-state index contributed by atoms with van der Waals surface area (Å²) in [6.07, 6.45) is 13.6. The molecule has 0 aliphatic heterocycles. The molecule has 1 atom stereocenters. The third-order valence-electron chi connectivity index (χ3n) is 6.83. The lowest BCUT2D eigenvalue weighted by Crippen LogP contribution is -2.56. The average Bonchev–Trinajstić information content (AvgIpc) is 2.65. The van der Waals surface area contributed by atoms with Gasteiger partial charge in [-0.3, -0.25) is 4.90 Å². The fraction of sp³-hybridized carbons (Fsp3) is 1.00. The standard InChI is InChI=1S/C19H38N2/c1-5-16-7-9-17(10-8-16)21(4)19(15-20)12-6-11-18(2,3)13-14-19/h16-17H,5-15,20H2,1-4H3. The number of likely N-dealkylation sites (N-methyl/N-ethyl adjacent to an activating group) is 1. The van der Waals surface area contributed by atoms with Crippen molar-refractivity contribution in [3.05, 3.63) is 0 Å². The van der Waals surface area contributed by atoms with E-state index in [0.717, 1.165) is 18.5 Å². The minimum absolute atomic E-state index is 0.275. The van der Waals surface area contributed by atoms with Crippen LogP contribution in [0.15, 0.2) is 0 Å². The number of hydrogen-bond donors (Lipinski definition) is 1. The van der Waals surface area contributed by atoms with Crippen LogP contribution in [0.3, 0.4) is 0 Å². The highest BCUT2D eigenvalue weighted by atomic mass is 15.2. The van der Waals surface area contributed by atoms with E-state index in [4.69, 9.17) is 5.73 Å². The number of nitrogens with zero attached hydrogens (tertiary/aromatic N) is 1. The Kier molecular flexibility index (Phi) is 5.76. The number of nitrogens with two attached hydrogens (primary N) is 1. The van der Waals surface area contributed by atoms with E-state index in [0.29, 0.717) is 5.41 Å². The van der Waals surface area contributed by atoms with Crippen LogP contribution in [0.5, 0.6) is 0 Å². The molecule has 0 bridgehead atoms. The number of hydrogen-bond acceptors (Lipinski definition) is 2. The Labute approximate surface area is 132 Å². The number of rotatable bonds is 4. The fourth-order valence-electron chi connectivity index (χ4n) is 4.75. The topological polar surface area (TPSA) is 29.3 Å². The predicted molar refractivity (Wildman–Crippen MR) is 92.5 cm³/mol. The summed E-state index contributed by atoms with van der Waals surface area (Å²) in [7, 11) is 2.38.